The predicted molar refractivity (Wildman–Crippen MR) is 75.2 cm³/mol. The zero-order valence-corrected chi connectivity index (χ0v) is 11.6. The zero-order valence-electron chi connectivity index (χ0n) is 10.9. The molecule has 1 aromatic rings. The highest BCUT2D eigenvalue weighted by Crippen LogP contribution is 2.41. The lowest BCUT2D eigenvalue weighted by Crippen LogP contribution is -2.16. The lowest BCUT2D eigenvalue weighted by atomic mass is 9.82. The van der Waals surface area contributed by atoms with Crippen molar-refractivity contribution in [3.63, 3.8) is 0 Å². The summed E-state index contributed by atoms with van der Waals surface area (Å²) in [6.07, 6.45) is 4.01. The van der Waals surface area contributed by atoms with Gasteiger partial charge in [-0.3, -0.25) is 0 Å². The molecule has 0 amide bonds. The Morgan fingerprint density at radius 2 is 2.21 bits per heavy atom. The van der Waals surface area contributed by atoms with E-state index < -0.39 is 5.97 Å². The average Bonchev–Trinajstić information content (AvgIpc) is 2.38. The molecule has 104 valence electrons. The molecule has 0 aliphatic heterocycles. The van der Waals surface area contributed by atoms with Crippen LogP contribution in [0.25, 0.3) is 0 Å². The highest BCUT2D eigenvalue weighted by atomic mass is 35.5. The first-order chi connectivity index (χ1) is 9.04. The third-order valence-corrected chi connectivity index (χ3v) is 4.11. The number of anilines is 1. The van der Waals surface area contributed by atoms with Crippen molar-refractivity contribution in [3.05, 3.63) is 23.3 Å². The second kappa shape index (κ2) is 5.70. The van der Waals surface area contributed by atoms with Gasteiger partial charge in [0.25, 0.3) is 0 Å². The molecule has 0 spiro atoms. The molecule has 3 N–H and O–H groups in total. The number of carboxylic acids is 1. The summed E-state index contributed by atoms with van der Waals surface area (Å²) in [5.74, 6) is -0.497. The van der Waals surface area contributed by atoms with Gasteiger partial charge in [-0.15, -0.1) is 11.6 Å². The molecule has 5 heteroatoms. The fourth-order valence-electron chi connectivity index (χ4n) is 2.77. The number of benzene rings is 1. The molecule has 0 radical (unpaired) electrons. The van der Waals surface area contributed by atoms with Gasteiger partial charge in [-0.1, -0.05) is 12.5 Å². The van der Waals surface area contributed by atoms with Gasteiger partial charge in [0.15, 0.2) is 5.75 Å². The number of hydrogen-bond donors (Lipinski definition) is 2. The number of nitrogens with two attached hydrogens (primary N) is 1. The minimum atomic E-state index is -1.03. The van der Waals surface area contributed by atoms with Crippen molar-refractivity contribution >= 4 is 23.3 Å². The van der Waals surface area contributed by atoms with E-state index in [1.54, 1.807) is 12.1 Å². The number of hydrogen-bond acceptors (Lipinski definition) is 3. The molecule has 2 rings (SSSR count). The molecule has 0 saturated heterocycles. The molecule has 0 bridgehead atoms. The maximum absolute atomic E-state index is 11.1. The highest BCUT2D eigenvalue weighted by molar-refractivity contribution is 6.20. The van der Waals surface area contributed by atoms with E-state index in [0.29, 0.717) is 5.69 Å². The van der Waals surface area contributed by atoms with Crippen LogP contribution < -0.4 is 10.5 Å². The topological polar surface area (TPSA) is 72.5 Å². The first-order valence-corrected chi connectivity index (χ1v) is 6.82. The van der Waals surface area contributed by atoms with Crippen molar-refractivity contribution in [3.8, 4) is 5.75 Å². The standard InChI is InChI=1S/C14H18ClNO3/c1-19-13-11(14(17)18)6-5-10(12(13)16)8-3-2-4-9(15)7-8/h5-6,8-9H,2-4,7,16H2,1H3,(H,17,18). The Balaban J connectivity index is 2.39. The Labute approximate surface area is 117 Å². The molecule has 0 aromatic heterocycles. The van der Waals surface area contributed by atoms with Crippen molar-refractivity contribution in [1.29, 1.82) is 0 Å². The Kier molecular flexibility index (Phi) is 4.20. The molecular weight excluding hydrogens is 266 g/mol. The molecule has 1 fully saturated rings. The first kappa shape index (κ1) is 14.0. The van der Waals surface area contributed by atoms with Crippen LogP contribution in [0.3, 0.4) is 0 Å². The van der Waals surface area contributed by atoms with Crippen LogP contribution in [0.15, 0.2) is 12.1 Å². The number of alkyl halides is 1. The highest BCUT2D eigenvalue weighted by Gasteiger charge is 2.26. The minimum Gasteiger partial charge on any atom is -0.494 e. The van der Waals surface area contributed by atoms with Crippen molar-refractivity contribution in [2.45, 2.75) is 37.0 Å². The first-order valence-electron chi connectivity index (χ1n) is 6.38. The predicted octanol–water partition coefficient (Wildman–Crippen LogP) is 3.24. The third kappa shape index (κ3) is 2.78. The van der Waals surface area contributed by atoms with E-state index in [0.717, 1.165) is 31.2 Å². The molecule has 1 aromatic carbocycles. The van der Waals surface area contributed by atoms with Gasteiger partial charge in [-0.05, 0) is 36.8 Å². The molecule has 2 atom stereocenters. The Morgan fingerprint density at radius 1 is 1.47 bits per heavy atom. The number of methoxy groups -OCH3 is 1. The smallest absolute Gasteiger partial charge is 0.339 e. The molecule has 1 aliphatic rings. The summed E-state index contributed by atoms with van der Waals surface area (Å²) in [5.41, 5.74) is 7.56. The Hall–Kier alpha value is -1.42. The summed E-state index contributed by atoms with van der Waals surface area (Å²) >= 11 is 6.20. The summed E-state index contributed by atoms with van der Waals surface area (Å²) < 4.78 is 5.16. The van der Waals surface area contributed by atoms with Crippen LogP contribution in [0.1, 0.15) is 47.5 Å². The molecule has 0 heterocycles. The van der Waals surface area contributed by atoms with E-state index in [1.165, 1.54) is 7.11 Å². The second-order valence-corrected chi connectivity index (χ2v) is 5.53. The summed E-state index contributed by atoms with van der Waals surface area (Å²) in [6.45, 7) is 0. The van der Waals surface area contributed by atoms with Gasteiger partial charge in [0, 0.05) is 5.38 Å². The van der Waals surface area contributed by atoms with E-state index in [2.05, 4.69) is 0 Å². The molecule has 19 heavy (non-hydrogen) atoms. The van der Waals surface area contributed by atoms with Crippen molar-refractivity contribution in [1.82, 2.24) is 0 Å². The van der Waals surface area contributed by atoms with Crippen LogP contribution in [0, 0.1) is 0 Å². The average molecular weight is 284 g/mol. The number of carbonyl (C=O) groups is 1. The number of carboxylic acid groups (broad SMARTS) is 1. The number of rotatable bonds is 3. The maximum Gasteiger partial charge on any atom is 0.339 e. The number of aromatic carboxylic acids is 1. The van der Waals surface area contributed by atoms with Crippen molar-refractivity contribution in [2.75, 3.05) is 12.8 Å². The fourth-order valence-corrected chi connectivity index (χ4v) is 3.14. The summed E-state index contributed by atoms with van der Waals surface area (Å²) in [6, 6.07) is 3.35. The third-order valence-electron chi connectivity index (χ3n) is 3.71. The van der Waals surface area contributed by atoms with Crippen LogP contribution in [-0.4, -0.2) is 23.6 Å². The fraction of sp³-hybridized carbons (Fsp3) is 0.500. The lowest BCUT2D eigenvalue weighted by Gasteiger charge is -2.27. The van der Waals surface area contributed by atoms with Gasteiger partial charge in [0.1, 0.15) is 5.56 Å². The van der Waals surface area contributed by atoms with Crippen molar-refractivity contribution < 1.29 is 14.6 Å². The molecule has 4 nitrogen and oxygen atoms in total. The number of halogens is 1. The zero-order chi connectivity index (χ0) is 14.0. The molecular formula is C14H18ClNO3. The Bertz CT molecular complexity index is 490. The number of nitrogen functional groups attached to an aromatic ring is 1. The minimum absolute atomic E-state index is 0.0991. The van der Waals surface area contributed by atoms with Crippen LogP contribution in [-0.2, 0) is 0 Å². The summed E-state index contributed by atoms with van der Waals surface area (Å²) in [7, 11) is 1.44. The summed E-state index contributed by atoms with van der Waals surface area (Å²) in [4.78, 5) is 11.1. The van der Waals surface area contributed by atoms with Gasteiger partial charge >= 0.3 is 5.97 Å². The van der Waals surface area contributed by atoms with E-state index >= 15 is 0 Å². The Morgan fingerprint density at radius 3 is 2.79 bits per heavy atom. The number of ether oxygens (including phenoxy) is 1. The molecule has 1 aliphatic carbocycles. The van der Waals surface area contributed by atoms with Crippen LogP contribution in [0.5, 0.6) is 5.75 Å². The van der Waals surface area contributed by atoms with Gasteiger partial charge in [0.05, 0.1) is 12.8 Å². The van der Waals surface area contributed by atoms with Crippen LogP contribution in [0.4, 0.5) is 5.69 Å². The van der Waals surface area contributed by atoms with E-state index in [4.69, 9.17) is 27.2 Å². The van der Waals surface area contributed by atoms with Gasteiger partial charge in [-0.2, -0.15) is 0 Å². The quantitative estimate of drug-likeness (QED) is 0.660. The monoisotopic (exact) mass is 283 g/mol. The van der Waals surface area contributed by atoms with Gasteiger partial charge < -0.3 is 15.6 Å². The SMILES string of the molecule is COc1c(C(=O)O)ccc(C2CCCC(Cl)C2)c1N. The van der Waals surface area contributed by atoms with E-state index in [-0.39, 0.29) is 22.6 Å². The maximum atomic E-state index is 11.1. The van der Waals surface area contributed by atoms with Gasteiger partial charge in [0.2, 0.25) is 0 Å². The van der Waals surface area contributed by atoms with Crippen LogP contribution >= 0.6 is 11.6 Å². The van der Waals surface area contributed by atoms with Crippen LogP contribution in [0.2, 0.25) is 0 Å². The van der Waals surface area contributed by atoms with Gasteiger partial charge in [-0.25, -0.2) is 4.79 Å². The van der Waals surface area contributed by atoms with E-state index in [9.17, 15) is 4.79 Å². The molecule has 1 saturated carbocycles. The second-order valence-electron chi connectivity index (χ2n) is 4.92. The van der Waals surface area contributed by atoms with Crippen molar-refractivity contribution in [2.24, 2.45) is 0 Å². The lowest BCUT2D eigenvalue weighted by molar-refractivity contribution is 0.0693. The van der Waals surface area contributed by atoms with E-state index in [1.807, 2.05) is 0 Å². The molecule has 2 unspecified atom stereocenters. The summed E-state index contributed by atoms with van der Waals surface area (Å²) in [5, 5.41) is 9.28. The normalized spacial score (nSPS) is 23.1. The largest absolute Gasteiger partial charge is 0.494 e.